The first-order valence-corrected chi connectivity index (χ1v) is 14.7. The van der Waals surface area contributed by atoms with Gasteiger partial charge in [-0.05, 0) is 57.3 Å². The van der Waals surface area contributed by atoms with Crippen LogP contribution >= 0.6 is 0 Å². The molecule has 2 fully saturated rings. The number of carbonyl (C=O) groups excluding carboxylic acids is 4. The number of nitrogens with one attached hydrogen (secondary N) is 4. The maximum absolute atomic E-state index is 12.9. The van der Waals surface area contributed by atoms with Gasteiger partial charge in [-0.3, -0.25) is 19.2 Å². The number of hydrogen-bond donors (Lipinski definition) is 6. The minimum atomic E-state index is -1.05. The first-order chi connectivity index (χ1) is 20.6. The van der Waals surface area contributed by atoms with Crippen molar-refractivity contribution in [3.63, 3.8) is 0 Å². The average Bonchev–Trinajstić information content (AvgIpc) is 3.34. The number of hydrogen-bond acceptors (Lipinski definition) is 10. The summed E-state index contributed by atoms with van der Waals surface area (Å²) in [6.07, 6.45) is 2.22. The number of likely N-dealkylation sites (N-methyl/N-ethyl adjacent to an activating group) is 2. The van der Waals surface area contributed by atoms with Crippen LogP contribution in [0.15, 0.2) is 12.1 Å². The molecule has 14 heteroatoms. The van der Waals surface area contributed by atoms with E-state index < -0.39 is 35.0 Å². The Morgan fingerprint density at radius 2 is 1.65 bits per heavy atom. The molecule has 2 aliphatic carbocycles. The van der Waals surface area contributed by atoms with E-state index in [0.717, 1.165) is 17.7 Å². The highest BCUT2D eigenvalue weighted by molar-refractivity contribution is 5.80. The Bertz CT molecular complexity index is 1260. The highest BCUT2D eigenvalue weighted by Gasteiger charge is 2.72. The van der Waals surface area contributed by atoms with Gasteiger partial charge in [-0.2, -0.15) is 0 Å². The van der Waals surface area contributed by atoms with Crippen molar-refractivity contribution in [2.75, 3.05) is 60.2 Å². The molecule has 0 unspecified atom stereocenters. The summed E-state index contributed by atoms with van der Waals surface area (Å²) in [5.74, 6) is -1.04. The van der Waals surface area contributed by atoms with Crippen LogP contribution in [0.5, 0.6) is 11.5 Å². The van der Waals surface area contributed by atoms with Crippen molar-refractivity contribution < 1.29 is 43.6 Å². The lowest BCUT2D eigenvalue weighted by Gasteiger charge is -2.63. The van der Waals surface area contributed by atoms with E-state index in [-0.39, 0.29) is 50.0 Å². The van der Waals surface area contributed by atoms with E-state index in [2.05, 4.69) is 26.2 Å². The van der Waals surface area contributed by atoms with Gasteiger partial charge in [0.1, 0.15) is 32.5 Å². The fourth-order valence-electron chi connectivity index (χ4n) is 7.34. The van der Waals surface area contributed by atoms with Crippen LogP contribution in [0.25, 0.3) is 0 Å². The van der Waals surface area contributed by atoms with Gasteiger partial charge in [0.25, 0.3) is 0 Å². The lowest BCUT2D eigenvalue weighted by molar-refractivity contribution is -0.187. The van der Waals surface area contributed by atoms with Crippen molar-refractivity contribution in [2.45, 2.75) is 61.3 Å². The van der Waals surface area contributed by atoms with E-state index in [1.54, 1.807) is 6.07 Å². The smallest absolute Gasteiger partial charge is 0.246 e. The molecular formula is C29H41N5O9. The summed E-state index contributed by atoms with van der Waals surface area (Å²) < 4.78 is 16.7. The molecule has 1 saturated carbocycles. The molecule has 2 bridgehead atoms. The lowest BCUT2D eigenvalue weighted by Crippen LogP contribution is -2.77. The summed E-state index contributed by atoms with van der Waals surface area (Å²) in [7, 11) is 3.50. The Kier molecular flexibility index (Phi) is 9.11. The fraction of sp³-hybridized carbons (Fsp3) is 0.655. The Balaban J connectivity index is 1.06. The van der Waals surface area contributed by atoms with E-state index in [1.807, 2.05) is 13.1 Å². The van der Waals surface area contributed by atoms with E-state index in [9.17, 15) is 29.4 Å². The molecule has 1 aromatic rings. The molecule has 1 aromatic carbocycles. The minimum Gasteiger partial charge on any atom is -0.504 e. The maximum Gasteiger partial charge on any atom is 0.246 e. The summed E-state index contributed by atoms with van der Waals surface area (Å²) in [5.41, 5.74) is 0.161. The third-order valence-electron chi connectivity index (χ3n) is 9.29. The molecule has 4 aliphatic rings. The lowest BCUT2D eigenvalue weighted by atomic mass is 9.48. The topological polar surface area (TPSA) is 188 Å². The zero-order valence-corrected chi connectivity index (χ0v) is 24.6. The molecule has 0 radical (unpaired) electrons. The average molecular weight is 604 g/mol. The minimum absolute atomic E-state index is 0.0379. The Labute approximate surface area is 249 Å². The van der Waals surface area contributed by atoms with Gasteiger partial charge in [0, 0.05) is 31.7 Å². The van der Waals surface area contributed by atoms with Crippen molar-refractivity contribution in [1.29, 1.82) is 0 Å². The van der Waals surface area contributed by atoms with Crippen molar-refractivity contribution >= 4 is 23.6 Å². The van der Waals surface area contributed by atoms with Crippen LogP contribution in [0, 0.1) is 0 Å². The third-order valence-corrected chi connectivity index (χ3v) is 9.29. The van der Waals surface area contributed by atoms with Crippen LogP contribution < -0.4 is 26.0 Å². The van der Waals surface area contributed by atoms with Gasteiger partial charge in [0.05, 0.1) is 17.1 Å². The van der Waals surface area contributed by atoms with E-state index in [1.165, 1.54) is 7.05 Å². The number of likely N-dealkylation sites (tertiary alicyclic amines) is 1. The molecule has 2 heterocycles. The molecular weight excluding hydrogens is 562 g/mol. The molecule has 1 saturated heterocycles. The maximum atomic E-state index is 12.9. The van der Waals surface area contributed by atoms with E-state index >= 15 is 0 Å². The van der Waals surface area contributed by atoms with Crippen LogP contribution in [0.4, 0.5) is 0 Å². The number of phenols is 1. The summed E-state index contributed by atoms with van der Waals surface area (Å²) >= 11 is 0. The highest BCUT2D eigenvalue weighted by atomic mass is 16.5. The van der Waals surface area contributed by atoms with Crippen molar-refractivity contribution in [3.05, 3.63) is 23.3 Å². The number of rotatable bonds is 13. The fourth-order valence-corrected chi connectivity index (χ4v) is 7.34. The predicted molar refractivity (Wildman–Crippen MR) is 151 cm³/mol. The molecule has 236 valence electrons. The monoisotopic (exact) mass is 603 g/mol. The van der Waals surface area contributed by atoms with Crippen molar-refractivity contribution in [2.24, 2.45) is 0 Å². The molecule has 6 N–H and O–H groups in total. The number of carbonyl (C=O) groups is 4. The molecule has 5 atom stereocenters. The second-order valence-corrected chi connectivity index (χ2v) is 11.8. The molecule has 4 amide bonds. The quantitative estimate of drug-likeness (QED) is 0.139. The SMILES string of the molecule is CNC(=O)COCC(=O)NCCCNC(=O)COCC(=O)N[C@H]1CC[C@@]2(O)[C@H]3Cc4ccc(O)c5c4[C@@]2(CCN3C)[C@H]1O5. The summed E-state index contributed by atoms with van der Waals surface area (Å²) in [6, 6.07) is 3.06. The van der Waals surface area contributed by atoms with E-state index in [0.29, 0.717) is 50.9 Å². The van der Waals surface area contributed by atoms with Gasteiger partial charge in [0.2, 0.25) is 23.6 Å². The number of aromatic hydroxyl groups is 1. The Hall–Kier alpha value is -3.46. The summed E-state index contributed by atoms with van der Waals surface area (Å²) in [5, 5.41) is 33.5. The first kappa shape index (κ1) is 31.0. The Morgan fingerprint density at radius 1 is 1.00 bits per heavy atom. The van der Waals surface area contributed by atoms with E-state index in [4.69, 9.17) is 14.2 Å². The van der Waals surface area contributed by atoms with Crippen molar-refractivity contribution in [1.82, 2.24) is 26.2 Å². The summed E-state index contributed by atoms with van der Waals surface area (Å²) in [6.45, 7) is 0.306. The number of aliphatic hydroxyl groups is 1. The number of benzene rings is 1. The number of ether oxygens (including phenoxy) is 3. The van der Waals surface area contributed by atoms with Gasteiger partial charge in [-0.25, -0.2) is 0 Å². The normalized spacial score (nSPS) is 28.3. The van der Waals surface area contributed by atoms with Crippen LogP contribution in [0.3, 0.4) is 0 Å². The zero-order valence-electron chi connectivity index (χ0n) is 24.6. The van der Waals surface area contributed by atoms with Gasteiger partial charge < -0.3 is 50.6 Å². The standard InChI is InChI=1S/C29H41N5O9/c1-30-21(36)13-41-14-22(37)31-9-3-10-32-23(38)15-42-16-24(39)33-18-6-7-29(40)20-12-17-4-5-19(35)26-25(17)28(29,27(18)43-26)8-11-34(20)2/h4-5,18,20,27,35,40H,3,6-16H2,1-2H3,(H,30,36)(H,31,37)(H,32,38)(H,33,39)/t18-,20+,27-,28-,29+/m0/s1. The first-order valence-electron chi connectivity index (χ1n) is 14.7. The van der Waals surface area contributed by atoms with Crippen LogP contribution in [0.2, 0.25) is 0 Å². The molecule has 5 rings (SSSR count). The van der Waals surface area contributed by atoms with Crippen LogP contribution in [0.1, 0.15) is 36.8 Å². The van der Waals surface area contributed by atoms with Gasteiger partial charge in [-0.1, -0.05) is 6.07 Å². The largest absolute Gasteiger partial charge is 0.504 e. The number of phenolic OH excluding ortho intramolecular Hbond substituents is 1. The Morgan fingerprint density at radius 3 is 2.33 bits per heavy atom. The molecule has 0 aromatic heterocycles. The molecule has 1 spiro atoms. The molecule has 14 nitrogen and oxygen atoms in total. The predicted octanol–water partition coefficient (Wildman–Crippen LogP) is -1.94. The van der Waals surface area contributed by atoms with Crippen molar-refractivity contribution in [3.8, 4) is 11.5 Å². The van der Waals surface area contributed by atoms with Crippen LogP contribution in [-0.4, -0.2) is 123 Å². The second-order valence-electron chi connectivity index (χ2n) is 11.8. The van der Waals surface area contributed by atoms with Gasteiger partial charge >= 0.3 is 0 Å². The number of nitrogens with zero attached hydrogens (tertiary/aromatic N) is 1. The van der Waals surface area contributed by atoms with Crippen LogP contribution in [-0.2, 0) is 40.5 Å². The van der Waals surface area contributed by atoms with Gasteiger partial charge in [-0.15, -0.1) is 0 Å². The second kappa shape index (κ2) is 12.6. The van der Waals surface area contributed by atoms with Gasteiger partial charge in [0.15, 0.2) is 11.5 Å². The molecule has 43 heavy (non-hydrogen) atoms. The number of amides is 4. The summed E-state index contributed by atoms with van der Waals surface area (Å²) in [4.78, 5) is 49.9. The zero-order chi connectivity index (χ0) is 30.8. The third kappa shape index (κ3) is 5.76. The highest BCUT2D eigenvalue weighted by Crippen LogP contribution is 2.65. The molecule has 2 aliphatic heterocycles. The number of piperidine rings is 1.